The molecule has 2 aromatic carbocycles. The number of rotatable bonds is 4. The van der Waals surface area contributed by atoms with Gasteiger partial charge in [-0.3, -0.25) is 4.79 Å². The summed E-state index contributed by atoms with van der Waals surface area (Å²) >= 11 is 1.36. The number of nitrogens with two attached hydrogens (primary N) is 1. The summed E-state index contributed by atoms with van der Waals surface area (Å²) in [6.45, 7) is 1.55. The molecule has 0 aliphatic carbocycles. The van der Waals surface area contributed by atoms with E-state index in [2.05, 4.69) is 35.2 Å². The van der Waals surface area contributed by atoms with E-state index in [4.69, 9.17) is 10.7 Å². The van der Waals surface area contributed by atoms with Crippen molar-refractivity contribution < 1.29 is 4.79 Å². The normalized spacial score (nSPS) is 11.0. The Hall–Kier alpha value is -3.18. The number of carbonyl (C=O) groups excluding carboxylic acids is 1. The van der Waals surface area contributed by atoms with E-state index in [0.717, 1.165) is 38.3 Å². The molecule has 4 nitrogen and oxygen atoms in total. The molecule has 0 bridgehead atoms. The molecular formula is C23H21N3OS. The van der Waals surface area contributed by atoms with Crippen molar-refractivity contribution in [1.29, 1.82) is 0 Å². The molecule has 2 N–H and O–H groups in total. The van der Waals surface area contributed by atoms with Crippen molar-refractivity contribution in [3.8, 4) is 22.4 Å². The fraction of sp³-hybridized carbons (Fsp3) is 0.130. The minimum Gasteiger partial charge on any atom is -0.397 e. The van der Waals surface area contributed by atoms with E-state index in [-0.39, 0.29) is 5.78 Å². The third kappa shape index (κ3) is 3.14. The highest BCUT2D eigenvalue weighted by Gasteiger charge is 2.19. The first-order valence-electron chi connectivity index (χ1n) is 9.03. The van der Waals surface area contributed by atoms with Crippen molar-refractivity contribution in [1.82, 2.24) is 4.98 Å². The molecule has 0 amide bonds. The Bertz CT molecular complexity index is 1160. The summed E-state index contributed by atoms with van der Waals surface area (Å²) in [5, 5.41) is 0.854. The topological polar surface area (TPSA) is 59.2 Å². The number of nitrogens with zero attached hydrogens (tertiary/aromatic N) is 2. The van der Waals surface area contributed by atoms with E-state index in [9.17, 15) is 4.79 Å². The Morgan fingerprint density at radius 1 is 1.00 bits per heavy atom. The minimum atomic E-state index is -0.0318. The number of aromatic nitrogens is 1. The van der Waals surface area contributed by atoms with Gasteiger partial charge in [-0.2, -0.15) is 0 Å². The molecule has 0 radical (unpaired) electrons. The van der Waals surface area contributed by atoms with Crippen LogP contribution in [0.3, 0.4) is 0 Å². The number of nitrogen functional groups attached to an aromatic ring is 1. The van der Waals surface area contributed by atoms with Gasteiger partial charge in [0.05, 0.1) is 16.3 Å². The number of ketones is 1. The van der Waals surface area contributed by atoms with E-state index < -0.39 is 0 Å². The maximum atomic E-state index is 12.1. The number of thiophene rings is 1. The standard InChI is InChI=1S/C23H21N3OS/c1-14(27)22-21(24)20-18(15-9-11-17(12-10-15)26(2)3)13-19(25-23(20)28-22)16-7-5-4-6-8-16/h4-13H,24H2,1-3H3. The maximum Gasteiger partial charge on any atom is 0.171 e. The Morgan fingerprint density at radius 3 is 2.29 bits per heavy atom. The number of hydrogen-bond acceptors (Lipinski definition) is 5. The molecule has 0 unspecified atom stereocenters. The van der Waals surface area contributed by atoms with E-state index in [1.807, 2.05) is 44.4 Å². The summed E-state index contributed by atoms with van der Waals surface area (Å²) < 4.78 is 0. The van der Waals surface area contributed by atoms with Crippen LogP contribution in [-0.2, 0) is 0 Å². The van der Waals surface area contributed by atoms with Crippen molar-refractivity contribution in [3.05, 3.63) is 65.5 Å². The lowest BCUT2D eigenvalue weighted by molar-refractivity contribution is 0.102. The summed E-state index contributed by atoms with van der Waals surface area (Å²) in [7, 11) is 4.03. The first-order chi connectivity index (χ1) is 13.5. The lowest BCUT2D eigenvalue weighted by Gasteiger charge is -2.14. The van der Waals surface area contributed by atoms with Crippen LogP contribution in [0.15, 0.2) is 60.7 Å². The molecule has 0 spiro atoms. The summed E-state index contributed by atoms with van der Waals surface area (Å²) in [5.41, 5.74) is 12.0. The highest BCUT2D eigenvalue weighted by atomic mass is 32.1. The second kappa shape index (κ2) is 7.09. The van der Waals surface area contributed by atoms with Crippen molar-refractivity contribution >= 4 is 38.7 Å². The number of benzene rings is 2. The van der Waals surface area contributed by atoms with Gasteiger partial charge >= 0.3 is 0 Å². The molecule has 0 fully saturated rings. The minimum absolute atomic E-state index is 0.0318. The largest absolute Gasteiger partial charge is 0.397 e. The van der Waals surface area contributed by atoms with Crippen LogP contribution in [0.1, 0.15) is 16.6 Å². The number of anilines is 2. The van der Waals surface area contributed by atoms with Crippen LogP contribution < -0.4 is 10.6 Å². The predicted octanol–water partition coefficient (Wildman–Crippen LogP) is 5.48. The fourth-order valence-electron chi connectivity index (χ4n) is 3.31. The average molecular weight is 388 g/mol. The van der Waals surface area contributed by atoms with Crippen molar-refractivity contribution in [2.24, 2.45) is 0 Å². The average Bonchev–Trinajstić information content (AvgIpc) is 3.05. The Balaban J connectivity index is 2.00. The quantitative estimate of drug-likeness (QED) is 0.471. The van der Waals surface area contributed by atoms with Crippen LogP contribution in [0.4, 0.5) is 11.4 Å². The Kier molecular flexibility index (Phi) is 4.61. The number of fused-ring (bicyclic) bond motifs is 1. The molecule has 0 saturated heterocycles. The lowest BCUT2D eigenvalue weighted by Crippen LogP contribution is -2.07. The number of hydrogen-bond donors (Lipinski definition) is 1. The fourth-order valence-corrected chi connectivity index (χ4v) is 4.32. The Morgan fingerprint density at radius 2 is 1.68 bits per heavy atom. The Labute approximate surface area is 168 Å². The molecule has 2 aromatic heterocycles. The highest BCUT2D eigenvalue weighted by Crippen LogP contribution is 2.41. The van der Waals surface area contributed by atoms with Crippen LogP contribution in [-0.4, -0.2) is 24.9 Å². The molecular weight excluding hydrogens is 366 g/mol. The number of pyridine rings is 1. The SMILES string of the molecule is CC(=O)c1sc2nc(-c3ccccc3)cc(-c3ccc(N(C)C)cc3)c2c1N. The smallest absolute Gasteiger partial charge is 0.171 e. The predicted molar refractivity (Wildman–Crippen MR) is 119 cm³/mol. The van der Waals surface area contributed by atoms with Gasteiger partial charge in [0.15, 0.2) is 5.78 Å². The van der Waals surface area contributed by atoms with Crippen molar-refractivity contribution in [3.63, 3.8) is 0 Å². The second-order valence-electron chi connectivity index (χ2n) is 6.94. The molecule has 0 saturated carbocycles. The zero-order valence-electron chi connectivity index (χ0n) is 16.1. The monoisotopic (exact) mass is 387 g/mol. The van der Waals surface area contributed by atoms with Crippen LogP contribution >= 0.6 is 11.3 Å². The van der Waals surface area contributed by atoms with Crippen molar-refractivity contribution in [2.45, 2.75) is 6.92 Å². The summed E-state index contributed by atoms with van der Waals surface area (Å²) in [5.74, 6) is -0.0318. The zero-order valence-corrected chi connectivity index (χ0v) is 16.9. The first kappa shape index (κ1) is 18.2. The molecule has 28 heavy (non-hydrogen) atoms. The van der Waals surface area contributed by atoms with Gasteiger partial charge in [-0.15, -0.1) is 11.3 Å². The molecule has 5 heteroatoms. The van der Waals surface area contributed by atoms with E-state index >= 15 is 0 Å². The maximum absolute atomic E-state index is 12.1. The van der Waals surface area contributed by atoms with Gasteiger partial charge in [-0.1, -0.05) is 42.5 Å². The van der Waals surface area contributed by atoms with Gasteiger partial charge < -0.3 is 10.6 Å². The first-order valence-corrected chi connectivity index (χ1v) is 9.84. The molecule has 2 heterocycles. The molecule has 4 aromatic rings. The molecule has 0 atom stereocenters. The van der Waals surface area contributed by atoms with Crippen LogP contribution in [0.25, 0.3) is 32.6 Å². The third-order valence-electron chi connectivity index (χ3n) is 4.78. The summed E-state index contributed by atoms with van der Waals surface area (Å²) in [4.78, 5) is 20.3. The van der Waals surface area contributed by atoms with Gasteiger partial charge in [0.25, 0.3) is 0 Å². The second-order valence-corrected chi connectivity index (χ2v) is 7.94. The van der Waals surface area contributed by atoms with E-state index in [0.29, 0.717) is 10.6 Å². The van der Waals surface area contributed by atoms with Crippen LogP contribution in [0.5, 0.6) is 0 Å². The van der Waals surface area contributed by atoms with Gasteiger partial charge in [-0.05, 0) is 29.3 Å². The number of carbonyl (C=O) groups is 1. The molecule has 4 rings (SSSR count). The van der Waals surface area contributed by atoms with Gasteiger partial charge in [0.2, 0.25) is 0 Å². The molecule has 0 aliphatic rings. The van der Waals surface area contributed by atoms with Gasteiger partial charge in [0.1, 0.15) is 4.83 Å². The summed E-state index contributed by atoms with van der Waals surface area (Å²) in [6.07, 6.45) is 0. The zero-order chi connectivity index (χ0) is 19.8. The lowest BCUT2D eigenvalue weighted by atomic mass is 9.99. The van der Waals surface area contributed by atoms with E-state index in [1.54, 1.807) is 6.92 Å². The molecule has 140 valence electrons. The van der Waals surface area contributed by atoms with Gasteiger partial charge in [0, 0.05) is 37.7 Å². The summed E-state index contributed by atoms with van der Waals surface area (Å²) in [6, 6.07) is 20.5. The van der Waals surface area contributed by atoms with Crippen LogP contribution in [0.2, 0.25) is 0 Å². The number of Topliss-reactive ketones (excluding diaryl/α,β-unsaturated/α-hetero) is 1. The third-order valence-corrected chi connectivity index (χ3v) is 5.98. The van der Waals surface area contributed by atoms with Crippen LogP contribution in [0, 0.1) is 0 Å². The van der Waals surface area contributed by atoms with Crippen molar-refractivity contribution in [2.75, 3.05) is 24.7 Å². The highest BCUT2D eigenvalue weighted by molar-refractivity contribution is 7.21. The van der Waals surface area contributed by atoms with Gasteiger partial charge in [-0.25, -0.2) is 4.98 Å². The molecule has 0 aliphatic heterocycles. The van der Waals surface area contributed by atoms with E-state index in [1.165, 1.54) is 11.3 Å².